The maximum absolute atomic E-state index is 10.8. The third-order valence-corrected chi connectivity index (χ3v) is 5.01. The summed E-state index contributed by atoms with van der Waals surface area (Å²) in [7, 11) is 3.27. The minimum atomic E-state index is -0.631. The first-order valence-corrected chi connectivity index (χ1v) is 8.71. The number of ether oxygens (including phenoxy) is 3. The van der Waals surface area contributed by atoms with Gasteiger partial charge in [0.2, 0.25) is 0 Å². The second-order valence-corrected chi connectivity index (χ2v) is 6.92. The minimum Gasteiger partial charge on any atom is -0.493 e. The molecule has 0 saturated carbocycles. The molecule has 5 nitrogen and oxygen atoms in total. The summed E-state index contributed by atoms with van der Waals surface area (Å²) in [5, 5.41) is 14.2. The van der Waals surface area contributed by atoms with Crippen molar-refractivity contribution in [2.24, 2.45) is 0 Å². The van der Waals surface area contributed by atoms with E-state index >= 15 is 0 Å². The number of methoxy groups -OCH3 is 2. The molecule has 24 heavy (non-hydrogen) atoms. The molecule has 0 radical (unpaired) electrons. The second kappa shape index (κ2) is 8.19. The monoisotopic (exact) mass is 337 g/mol. The van der Waals surface area contributed by atoms with Gasteiger partial charge < -0.3 is 24.6 Å². The van der Waals surface area contributed by atoms with E-state index in [0.29, 0.717) is 19.4 Å². The van der Waals surface area contributed by atoms with Crippen molar-refractivity contribution in [3.63, 3.8) is 0 Å². The highest BCUT2D eigenvalue weighted by atomic mass is 16.5. The highest BCUT2D eigenvalue weighted by molar-refractivity contribution is 5.42. The van der Waals surface area contributed by atoms with Gasteiger partial charge in [-0.05, 0) is 50.4 Å². The lowest BCUT2D eigenvalue weighted by molar-refractivity contribution is -0.155. The van der Waals surface area contributed by atoms with Gasteiger partial charge in [0.25, 0.3) is 0 Å². The van der Waals surface area contributed by atoms with Crippen molar-refractivity contribution in [2.75, 3.05) is 27.4 Å². The molecule has 1 aromatic rings. The third kappa shape index (κ3) is 4.85. The number of hydrogen-bond acceptors (Lipinski definition) is 5. The van der Waals surface area contributed by atoms with Crippen LogP contribution in [0.2, 0.25) is 0 Å². The highest BCUT2D eigenvalue weighted by Crippen LogP contribution is 2.36. The largest absolute Gasteiger partial charge is 0.493 e. The van der Waals surface area contributed by atoms with Gasteiger partial charge >= 0.3 is 0 Å². The number of hydrogen-bond donors (Lipinski definition) is 2. The average Bonchev–Trinajstić information content (AvgIpc) is 2.58. The molecule has 2 atom stereocenters. The fourth-order valence-electron chi connectivity index (χ4n) is 3.31. The highest BCUT2D eigenvalue weighted by Gasteiger charge is 2.40. The van der Waals surface area contributed by atoms with E-state index < -0.39 is 5.60 Å². The zero-order valence-corrected chi connectivity index (χ0v) is 15.4. The third-order valence-electron chi connectivity index (χ3n) is 5.01. The molecule has 0 unspecified atom stereocenters. The zero-order valence-electron chi connectivity index (χ0n) is 15.4. The summed E-state index contributed by atoms with van der Waals surface area (Å²) in [6.07, 6.45) is 3.07. The Morgan fingerprint density at radius 1 is 1.25 bits per heavy atom. The first kappa shape index (κ1) is 19.0. The normalized spacial score (nSPS) is 27.0. The van der Waals surface area contributed by atoms with E-state index in [9.17, 15) is 5.11 Å². The summed E-state index contributed by atoms with van der Waals surface area (Å²) >= 11 is 0. The molecule has 0 aliphatic carbocycles. The molecule has 2 rings (SSSR count). The van der Waals surface area contributed by atoms with Crippen LogP contribution in [0.25, 0.3) is 0 Å². The first-order valence-electron chi connectivity index (χ1n) is 8.71. The molecule has 1 aliphatic heterocycles. The van der Waals surface area contributed by atoms with E-state index in [0.717, 1.165) is 43.0 Å². The summed E-state index contributed by atoms with van der Waals surface area (Å²) < 4.78 is 16.4. The van der Waals surface area contributed by atoms with Gasteiger partial charge in [0, 0.05) is 13.0 Å². The van der Waals surface area contributed by atoms with Crippen molar-refractivity contribution in [1.29, 1.82) is 0 Å². The van der Waals surface area contributed by atoms with Crippen LogP contribution in [-0.2, 0) is 11.3 Å². The van der Waals surface area contributed by atoms with Crippen LogP contribution in [0.5, 0.6) is 11.5 Å². The Morgan fingerprint density at radius 2 is 2.00 bits per heavy atom. The van der Waals surface area contributed by atoms with E-state index in [-0.39, 0.29) is 5.60 Å². The fourth-order valence-corrected chi connectivity index (χ4v) is 3.31. The Kier molecular flexibility index (Phi) is 6.49. The Morgan fingerprint density at radius 3 is 2.67 bits per heavy atom. The average molecular weight is 337 g/mol. The van der Waals surface area contributed by atoms with Crippen LogP contribution in [0.15, 0.2) is 18.2 Å². The van der Waals surface area contributed by atoms with Crippen LogP contribution >= 0.6 is 0 Å². The fraction of sp³-hybridized carbons (Fsp3) is 0.684. The van der Waals surface area contributed by atoms with Crippen molar-refractivity contribution in [3.05, 3.63) is 23.8 Å². The zero-order chi connectivity index (χ0) is 17.6. The molecule has 136 valence electrons. The number of aliphatic hydroxyl groups is 1. The summed E-state index contributed by atoms with van der Waals surface area (Å²) in [6, 6.07) is 5.91. The van der Waals surface area contributed by atoms with Crippen LogP contribution in [0.3, 0.4) is 0 Å². The SMILES string of the molecule is CC[C@]1(C)C[C@](O)(CCNCc2ccc(OC)c(OC)c2)CCO1. The number of benzene rings is 1. The van der Waals surface area contributed by atoms with Gasteiger partial charge in [0.05, 0.1) is 32.0 Å². The molecule has 1 aromatic carbocycles. The lowest BCUT2D eigenvalue weighted by atomic mass is 9.80. The summed E-state index contributed by atoms with van der Waals surface area (Å²) in [6.45, 7) is 6.34. The van der Waals surface area contributed by atoms with E-state index in [1.165, 1.54) is 0 Å². The molecule has 2 N–H and O–H groups in total. The van der Waals surface area contributed by atoms with Crippen molar-refractivity contribution in [3.8, 4) is 11.5 Å². The van der Waals surface area contributed by atoms with E-state index in [4.69, 9.17) is 14.2 Å². The van der Waals surface area contributed by atoms with Gasteiger partial charge in [-0.2, -0.15) is 0 Å². The molecule has 0 bridgehead atoms. The van der Waals surface area contributed by atoms with E-state index in [1.807, 2.05) is 18.2 Å². The molecule has 1 heterocycles. The van der Waals surface area contributed by atoms with Crippen molar-refractivity contribution in [2.45, 2.75) is 57.3 Å². The van der Waals surface area contributed by atoms with Crippen molar-refractivity contribution >= 4 is 0 Å². The lowest BCUT2D eigenvalue weighted by Crippen LogP contribution is -2.48. The molecule has 0 spiro atoms. The van der Waals surface area contributed by atoms with Crippen molar-refractivity contribution < 1.29 is 19.3 Å². The predicted molar refractivity (Wildman–Crippen MR) is 94.7 cm³/mol. The van der Waals surface area contributed by atoms with Gasteiger partial charge in [-0.3, -0.25) is 0 Å². The van der Waals surface area contributed by atoms with E-state index in [2.05, 4.69) is 19.2 Å². The Labute approximate surface area is 145 Å². The van der Waals surface area contributed by atoms with Crippen LogP contribution in [-0.4, -0.2) is 43.7 Å². The van der Waals surface area contributed by atoms with Gasteiger partial charge in [-0.1, -0.05) is 13.0 Å². The second-order valence-electron chi connectivity index (χ2n) is 6.92. The molecular weight excluding hydrogens is 306 g/mol. The molecule has 1 aliphatic rings. The Balaban J connectivity index is 1.82. The maximum Gasteiger partial charge on any atom is 0.161 e. The minimum absolute atomic E-state index is 0.198. The number of rotatable bonds is 8. The summed E-state index contributed by atoms with van der Waals surface area (Å²) in [5.74, 6) is 1.47. The topological polar surface area (TPSA) is 60.0 Å². The Hall–Kier alpha value is -1.30. The molecule has 1 fully saturated rings. The summed E-state index contributed by atoms with van der Waals surface area (Å²) in [4.78, 5) is 0. The van der Waals surface area contributed by atoms with Crippen molar-refractivity contribution in [1.82, 2.24) is 5.32 Å². The van der Waals surface area contributed by atoms with Crippen LogP contribution in [0.1, 0.15) is 45.1 Å². The standard InChI is InChI=1S/C19H31NO4/c1-5-18(2)14-19(21,9-11-24-18)8-10-20-13-15-6-7-16(22-3)17(12-15)23-4/h6-7,12,20-21H,5,8-11,13-14H2,1-4H3/t18-,19+/m1/s1. The Bertz CT molecular complexity index is 536. The van der Waals surface area contributed by atoms with E-state index in [1.54, 1.807) is 14.2 Å². The van der Waals surface area contributed by atoms with Crippen LogP contribution in [0.4, 0.5) is 0 Å². The molecule has 0 amide bonds. The molecule has 5 heteroatoms. The van der Waals surface area contributed by atoms with Gasteiger partial charge in [-0.15, -0.1) is 0 Å². The number of nitrogens with one attached hydrogen (secondary N) is 1. The van der Waals surface area contributed by atoms with Crippen LogP contribution < -0.4 is 14.8 Å². The quantitative estimate of drug-likeness (QED) is 0.714. The van der Waals surface area contributed by atoms with Gasteiger partial charge in [-0.25, -0.2) is 0 Å². The van der Waals surface area contributed by atoms with Crippen LogP contribution in [0, 0.1) is 0 Å². The molecule has 0 aromatic heterocycles. The predicted octanol–water partition coefficient (Wildman–Crippen LogP) is 2.89. The maximum atomic E-state index is 10.8. The smallest absolute Gasteiger partial charge is 0.161 e. The van der Waals surface area contributed by atoms with Gasteiger partial charge in [0.15, 0.2) is 11.5 Å². The molecular formula is C19H31NO4. The van der Waals surface area contributed by atoms with Gasteiger partial charge in [0.1, 0.15) is 0 Å². The lowest BCUT2D eigenvalue weighted by Gasteiger charge is -2.43. The first-order chi connectivity index (χ1) is 11.4. The molecule has 1 saturated heterocycles. The summed E-state index contributed by atoms with van der Waals surface area (Å²) in [5.41, 5.74) is 0.300.